The molecule has 0 saturated heterocycles. The third-order valence-electron chi connectivity index (χ3n) is 2.09. The fourth-order valence-electron chi connectivity index (χ4n) is 1.26. The van der Waals surface area contributed by atoms with Crippen LogP contribution in [-0.2, 0) is 6.18 Å². The summed E-state index contributed by atoms with van der Waals surface area (Å²) >= 11 is 0. The molecule has 1 rings (SSSR count). The molecule has 0 heterocycles. The Balaban J connectivity index is 3.39. The fraction of sp³-hybridized carbons (Fsp3) is 0.200. The lowest BCUT2D eigenvalue weighted by Crippen LogP contribution is -2.10. The largest absolute Gasteiger partial charge is 0.423 e. The zero-order chi connectivity index (χ0) is 13.2. The van der Waals surface area contributed by atoms with Gasteiger partial charge < -0.3 is 5.11 Å². The molecule has 0 amide bonds. The fourth-order valence-corrected chi connectivity index (χ4v) is 1.26. The quantitative estimate of drug-likeness (QED) is 0.507. The molecule has 0 fully saturated rings. The van der Waals surface area contributed by atoms with Crippen LogP contribution in [0.15, 0.2) is 30.9 Å². The highest BCUT2D eigenvalue weighted by atomic mass is 19.4. The van der Waals surface area contributed by atoms with E-state index in [9.17, 15) is 28.4 Å². The van der Waals surface area contributed by atoms with Crippen molar-refractivity contribution in [3.05, 3.63) is 52.1 Å². The van der Waals surface area contributed by atoms with Gasteiger partial charge in [0.25, 0.3) is 5.69 Å². The predicted octanol–water partition coefficient (Wildman–Crippen LogP) is 2.83. The van der Waals surface area contributed by atoms with Gasteiger partial charge in [-0.05, 0) is 17.7 Å². The number of halogens is 3. The van der Waals surface area contributed by atoms with Crippen LogP contribution in [0.5, 0.6) is 0 Å². The summed E-state index contributed by atoms with van der Waals surface area (Å²) in [6.45, 7) is 3.22. The highest BCUT2D eigenvalue weighted by Crippen LogP contribution is 2.37. The molecule has 0 spiro atoms. The summed E-state index contributed by atoms with van der Waals surface area (Å²) in [5.74, 6) is 0. The van der Waals surface area contributed by atoms with Crippen LogP contribution < -0.4 is 0 Å². The second-order valence-corrected chi connectivity index (χ2v) is 3.21. The molecule has 7 heteroatoms. The van der Waals surface area contributed by atoms with Crippen molar-refractivity contribution in [2.45, 2.75) is 12.3 Å². The number of aliphatic hydroxyl groups is 1. The Morgan fingerprint density at radius 1 is 1.47 bits per heavy atom. The zero-order valence-corrected chi connectivity index (χ0v) is 8.44. The Bertz CT molecular complexity index is 457. The third-order valence-corrected chi connectivity index (χ3v) is 2.09. The summed E-state index contributed by atoms with van der Waals surface area (Å²) in [6.07, 6.45) is -5.11. The Morgan fingerprint density at radius 2 is 2.06 bits per heavy atom. The van der Waals surface area contributed by atoms with Crippen molar-refractivity contribution >= 4 is 5.69 Å². The molecular formula is C10H8F3NO3. The van der Waals surface area contributed by atoms with Gasteiger partial charge >= 0.3 is 6.18 Å². The second-order valence-electron chi connectivity index (χ2n) is 3.21. The number of aliphatic hydroxyl groups excluding tert-OH is 1. The summed E-state index contributed by atoms with van der Waals surface area (Å²) in [4.78, 5) is 9.32. The molecule has 1 aromatic carbocycles. The zero-order valence-electron chi connectivity index (χ0n) is 8.44. The topological polar surface area (TPSA) is 63.4 Å². The van der Waals surface area contributed by atoms with E-state index in [0.717, 1.165) is 12.1 Å². The lowest BCUT2D eigenvalue weighted by molar-refractivity contribution is -0.388. The van der Waals surface area contributed by atoms with Gasteiger partial charge in [-0.15, -0.1) is 6.58 Å². The van der Waals surface area contributed by atoms with E-state index in [1.54, 1.807) is 0 Å². The van der Waals surface area contributed by atoms with Gasteiger partial charge in [-0.2, -0.15) is 13.2 Å². The van der Waals surface area contributed by atoms with E-state index in [4.69, 9.17) is 0 Å². The molecule has 0 bridgehead atoms. The van der Waals surface area contributed by atoms with Crippen molar-refractivity contribution in [3.8, 4) is 0 Å². The Morgan fingerprint density at radius 3 is 2.47 bits per heavy atom. The van der Waals surface area contributed by atoms with Gasteiger partial charge in [0.1, 0.15) is 5.56 Å². The van der Waals surface area contributed by atoms with E-state index >= 15 is 0 Å². The monoisotopic (exact) mass is 247 g/mol. The van der Waals surface area contributed by atoms with E-state index in [1.807, 2.05) is 0 Å². The van der Waals surface area contributed by atoms with Crippen molar-refractivity contribution in [1.29, 1.82) is 0 Å². The first-order valence-electron chi connectivity index (χ1n) is 4.43. The molecule has 1 aromatic rings. The molecule has 1 unspecified atom stereocenters. The SMILES string of the molecule is C=CC(O)c1ccc([N+](=O)[O-])c(C(F)(F)F)c1. The van der Waals surface area contributed by atoms with Crippen LogP contribution in [0, 0.1) is 10.1 Å². The van der Waals surface area contributed by atoms with E-state index in [2.05, 4.69) is 6.58 Å². The second kappa shape index (κ2) is 4.54. The average molecular weight is 247 g/mol. The van der Waals surface area contributed by atoms with E-state index in [1.165, 1.54) is 0 Å². The van der Waals surface area contributed by atoms with Crippen LogP contribution in [0.25, 0.3) is 0 Å². The number of alkyl halides is 3. The van der Waals surface area contributed by atoms with Crippen molar-refractivity contribution in [2.24, 2.45) is 0 Å². The highest BCUT2D eigenvalue weighted by molar-refractivity contribution is 5.45. The van der Waals surface area contributed by atoms with Crippen LogP contribution in [0.4, 0.5) is 18.9 Å². The number of hydrogen-bond acceptors (Lipinski definition) is 3. The van der Waals surface area contributed by atoms with Crippen LogP contribution in [-0.4, -0.2) is 10.0 Å². The molecule has 0 saturated carbocycles. The number of benzene rings is 1. The van der Waals surface area contributed by atoms with Crippen molar-refractivity contribution in [1.82, 2.24) is 0 Å². The minimum atomic E-state index is -4.85. The van der Waals surface area contributed by atoms with Crippen molar-refractivity contribution < 1.29 is 23.2 Å². The molecule has 4 nitrogen and oxygen atoms in total. The molecule has 0 radical (unpaired) electrons. The first-order chi connectivity index (χ1) is 7.77. The van der Waals surface area contributed by atoms with Crippen molar-refractivity contribution in [3.63, 3.8) is 0 Å². The molecule has 17 heavy (non-hydrogen) atoms. The van der Waals surface area contributed by atoms with Crippen LogP contribution >= 0.6 is 0 Å². The predicted molar refractivity (Wildman–Crippen MR) is 53.3 cm³/mol. The maximum Gasteiger partial charge on any atom is 0.423 e. The lowest BCUT2D eigenvalue weighted by atomic mass is 10.0. The average Bonchev–Trinajstić information content (AvgIpc) is 2.25. The summed E-state index contributed by atoms with van der Waals surface area (Å²) in [6, 6.07) is 2.31. The summed E-state index contributed by atoms with van der Waals surface area (Å²) in [7, 11) is 0. The standard InChI is InChI=1S/C10H8F3NO3/c1-2-9(15)6-3-4-8(14(16)17)7(5-6)10(11,12)13/h2-5,9,15H,1H2. The molecule has 92 valence electrons. The van der Waals surface area contributed by atoms with Crippen molar-refractivity contribution in [2.75, 3.05) is 0 Å². The Kier molecular flexibility index (Phi) is 3.52. The van der Waals surface area contributed by atoms with Gasteiger partial charge in [0.15, 0.2) is 0 Å². The number of rotatable bonds is 3. The minimum Gasteiger partial charge on any atom is -0.384 e. The Hall–Kier alpha value is -1.89. The molecule has 0 aliphatic carbocycles. The summed E-state index contributed by atoms with van der Waals surface area (Å²) in [5, 5.41) is 19.7. The van der Waals surface area contributed by atoms with Gasteiger partial charge in [0.05, 0.1) is 11.0 Å². The first-order valence-corrected chi connectivity index (χ1v) is 4.43. The maximum absolute atomic E-state index is 12.5. The number of nitro groups is 1. The maximum atomic E-state index is 12.5. The lowest BCUT2D eigenvalue weighted by Gasteiger charge is -2.11. The summed E-state index contributed by atoms with van der Waals surface area (Å²) in [5.41, 5.74) is -2.53. The van der Waals surface area contributed by atoms with Gasteiger partial charge in [0.2, 0.25) is 0 Å². The third kappa shape index (κ3) is 2.82. The molecular weight excluding hydrogens is 239 g/mol. The van der Waals surface area contributed by atoms with Gasteiger partial charge in [-0.1, -0.05) is 6.08 Å². The van der Waals surface area contributed by atoms with E-state index in [-0.39, 0.29) is 5.56 Å². The van der Waals surface area contributed by atoms with Gasteiger partial charge in [-0.25, -0.2) is 0 Å². The number of nitro benzene ring substituents is 1. The van der Waals surface area contributed by atoms with E-state index in [0.29, 0.717) is 12.1 Å². The minimum absolute atomic E-state index is 0.0991. The van der Waals surface area contributed by atoms with Gasteiger partial charge in [0, 0.05) is 6.07 Å². The highest BCUT2D eigenvalue weighted by Gasteiger charge is 2.38. The molecule has 1 N–H and O–H groups in total. The molecule has 0 aliphatic heterocycles. The normalized spacial score (nSPS) is 13.2. The molecule has 1 atom stereocenters. The smallest absolute Gasteiger partial charge is 0.384 e. The van der Waals surface area contributed by atoms with Crippen LogP contribution in [0.3, 0.4) is 0 Å². The van der Waals surface area contributed by atoms with Crippen LogP contribution in [0.1, 0.15) is 17.2 Å². The summed E-state index contributed by atoms with van der Waals surface area (Å²) < 4.78 is 37.6. The molecule has 0 aliphatic rings. The number of nitrogens with zero attached hydrogens (tertiary/aromatic N) is 1. The first kappa shape index (κ1) is 13.2. The van der Waals surface area contributed by atoms with E-state index < -0.39 is 28.5 Å². The molecule has 0 aromatic heterocycles. The van der Waals surface area contributed by atoms with Crippen LogP contribution in [0.2, 0.25) is 0 Å². The van der Waals surface area contributed by atoms with Gasteiger partial charge in [-0.3, -0.25) is 10.1 Å². The number of hydrogen-bond donors (Lipinski definition) is 1. The Labute approximate surface area is 94.1 Å².